The molecule has 106 valence electrons. The van der Waals surface area contributed by atoms with Gasteiger partial charge in [-0.15, -0.1) is 11.8 Å². The molecule has 0 amide bonds. The van der Waals surface area contributed by atoms with Crippen molar-refractivity contribution in [2.24, 2.45) is 5.73 Å². The lowest BCUT2D eigenvalue weighted by Gasteiger charge is -2.09. The van der Waals surface area contributed by atoms with Crippen LogP contribution in [-0.4, -0.2) is 12.0 Å². The van der Waals surface area contributed by atoms with Gasteiger partial charge in [-0.1, -0.05) is 23.9 Å². The average Bonchev–Trinajstić information content (AvgIpc) is 2.64. The summed E-state index contributed by atoms with van der Waals surface area (Å²) in [6.45, 7) is 0. The van der Waals surface area contributed by atoms with Crippen LogP contribution in [0.5, 0.6) is 0 Å². The minimum absolute atomic E-state index is 0.140. The van der Waals surface area contributed by atoms with Gasteiger partial charge < -0.3 is 5.73 Å². The van der Waals surface area contributed by atoms with E-state index in [2.05, 4.69) is 0 Å². The van der Waals surface area contributed by atoms with Crippen molar-refractivity contribution in [2.75, 3.05) is 6.26 Å². The van der Waals surface area contributed by atoms with Gasteiger partial charge in [0.2, 0.25) is 5.78 Å². The van der Waals surface area contributed by atoms with E-state index in [1.54, 1.807) is 11.7 Å². The quantitative estimate of drug-likeness (QED) is 0.841. The fourth-order valence-corrected chi connectivity index (χ4v) is 3.31. The van der Waals surface area contributed by atoms with E-state index >= 15 is 0 Å². The maximum atomic E-state index is 12.7. The molecule has 1 aromatic carbocycles. The number of Topliss-reactive ketones (excluding diaryl/α,β-unsaturated/α-hetero) is 1. The maximum Gasteiger partial charge on any atom is 0.416 e. The van der Waals surface area contributed by atoms with Crippen LogP contribution in [0.25, 0.3) is 5.57 Å². The Labute approximate surface area is 122 Å². The molecule has 0 spiro atoms. The van der Waals surface area contributed by atoms with Crippen molar-refractivity contribution >= 4 is 34.9 Å². The monoisotopic (exact) mass is 317 g/mol. The average molecular weight is 317 g/mol. The summed E-state index contributed by atoms with van der Waals surface area (Å²) in [4.78, 5) is 12.6. The number of rotatable bonds is 2. The normalized spacial score (nSPS) is 18.2. The predicted octanol–water partition coefficient (Wildman–Crippen LogP) is 3.85. The van der Waals surface area contributed by atoms with Gasteiger partial charge >= 0.3 is 6.18 Å². The molecule has 0 saturated carbocycles. The molecule has 0 atom stereocenters. The molecule has 1 aliphatic rings. The Hall–Kier alpha value is -1.34. The summed E-state index contributed by atoms with van der Waals surface area (Å²) in [5.41, 5.74) is 5.31. The Morgan fingerprint density at radius 1 is 1.35 bits per heavy atom. The Kier molecular flexibility index (Phi) is 4.19. The second-order valence-electron chi connectivity index (χ2n) is 3.97. The van der Waals surface area contributed by atoms with Crippen LogP contribution >= 0.6 is 23.5 Å². The van der Waals surface area contributed by atoms with E-state index in [0.717, 1.165) is 23.9 Å². The van der Waals surface area contributed by atoms with Gasteiger partial charge in [-0.25, -0.2) is 0 Å². The summed E-state index contributed by atoms with van der Waals surface area (Å²) >= 11 is 2.42. The van der Waals surface area contributed by atoms with Gasteiger partial charge in [-0.2, -0.15) is 13.2 Å². The van der Waals surface area contributed by atoms with Gasteiger partial charge in [0.15, 0.2) is 0 Å². The number of hydrogen-bond acceptors (Lipinski definition) is 4. The van der Waals surface area contributed by atoms with Crippen LogP contribution in [0.3, 0.4) is 0 Å². The SMILES string of the molecule is CS/C=C1/SC(N)=C(c2cccc(C(F)(F)F)c2)C1=O. The number of carbonyl (C=O) groups is 1. The van der Waals surface area contributed by atoms with E-state index in [4.69, 9.17) is 5.73 Å². The van der Waals surface area contributed by atoms with Crippen molar-refractivity contribution in [3.63, 3.8) is 0 Å². The molecule has 2 N–H and O–H groups in total. The number of allylic oxidation sites excluding steroid dienone is 2. The van der Waals surface area contributed by atoms with E-state index in [1.807, 2.05) is 0 Å². The molecule has 1 aliphatic heterocycles. The summed E-state index contributed by atoms with van der Waals surface area (Å²) in [7, 11) is 0. The number of nitrogens with two attached hydrogens (primary N) is 1. The standard InChI is InChI=1S/C13H10F3NOS2/c1-19-6-9-11(18)10(12(17)20-9)7-3-2-4-8(5-7)13(14,15)16/h2-6H,17H2,1H3/b9-6+. The highest BCUT2D eigenvalue weighted by molar-refractivity contribution is 8.10. The minimum atomic E-state index is -4.45. The molecule has 0 radical (unpaired) electrons. The number of alkyl halides is 3. The van der Waals surface area contributed by atoms with Crippen molar-refractivity contribution in [1.82, 2.24) is 0 Å². The molecule has 0 fully saturated rings. The van der Waals surface area contributed by atoms with Crippen molar-refractivity contribution in [3.05, 3.63) is 50.7 Å². The molecule has 0 saturated heterocycles. The van der Waals surface area contributed by atoms with E-state index < -0.39 is 11.7 Å². The third-order valence-corrected chi connectivity index (χ3v) is 4.19. The first-order valence-corrected chi connectivity index (χ1v) is 7.58. The summed E-state index contributed by atoms with van der Waals surface area (Å²) in [5.74, 6) is -0.332. The second-order valence-corrected chi connectivity index (χ2v) is 5.76. The molecule has 0 unspecified atom stereocenters. The fourth-order valence-electron chi connectivity index (χ4n) is 1.76. The molecular formula is C13H10F3NOS2. The van der Waals surface area contributed by atoms with E-state index in [-0.39, 0.29) is 21.9 Å². The van der Waals surface area contributed by atoms with Crippen molar-refractivity contribution in [2.45, 2.75) is 6.18 Å². The van der Waals surface area contributed by atoms with Crippen molar-refractivity contribution in [3.8, 4) is 0 Å². The van der Waals surface area contributed by atoms with Crippen LogP contribution in [0, 0.1) is 0 Å². The number of hydrogen-bond donors (Lipinski definition) is 1. The van der Waals surface area contributed by atoms with Crippen molar-refractivity contribution < 1.29 is 18.0 Å². The molecule has 0 bridgehead atoms. The topological polar surface area (TPSA) is 43.1 Å². The van der Waals surface area contributed by atoms with E-state index in [0.29, 0.717) is 4.91 Å². The number of halogens is 3. The van der Waals surface area contributed by atoms with Gasteiger partial charge in [0, 0.05) is 0 Å². The summed E-state index contributed by atoms with van der Waals surface area (Å²) in [5, 5.41) is 1.87. The number of ketones is 1. The highest BCUT2D eigenvalue weighted by Gasteiger charge is 2.33. The first-order valence-electron chi connectivity index (χ1n) is 5.47. The first-order chi connectivity index (χ1) is 9.34. The summed E-state index contributed by atoms with van der Waals surface area (Å²) in [6, 6.07) is 4.64. The number of carbonyl (C=O) groups excluding carboxylic acids is 1. The third kappa shape index (κ3) is 2.88. The van der Waals surface area contributed by atoms with Crippen molar-refractivity contribution in [1.29, 1.82) is 0 Å². The van der Waals surface area contributed by atoms with Gasteiger partial charge in [-0.3, -0.25) is 4.79 Å². The molecule has 1 heterocycles. The van der Waals surface area contributed by atoms with Crippen LogP contribution in [0.1, 0.15) is 11.1 Å². The zero-order valence-electron chi connectivity index (χ0n) is 10.3. The first kappa shape index (κ1) is 15.1. The molecule has 20 heavy (non-hydrogen) atoms. The summed E-state index contributed by atoms with van der Waals surface area (Å²) in [6.07, 6.45) is -2.66. The third-order valence-electron chi connectivity index (χ3n) is 2.62. The van der Waals surface area contributed by atoms with Crippen LogP contribution in [0.2, 0.25) is 0 Å². The molecule has 2 rings (SSSR count). The Bertz CT molecular complexity index is 620. The Morgan fingerprint density at radius 3 is 2.65 bits per heavy atom. The van der Waals surface area contributed by atoms with Crippen LogP contribution < -0.4 is 5.73 Å². The zero-order chi connectivity index (χ0) is 14.9. The molecule has 1 aromatic rings. The Balaban J connectivity index is 2.45. The highest BCUT2D eigenvalue weighted by atomic mass is 32.2. The van der Waals surface area contributed by atoms with Gasteiger partial charge in [0.1, 0.15) is 0 Å². The molecule has 7 heteroatoms. The fraction of sp³-hybridized carbons (Fsp3) is 0.154. The lowest BCUT2D eigenvalue weighted by atomic mass is 10.0. The van der Waals surface area contributed by atoms with E-state index in [1.165, 1.54) is 23.9 Å². The largest absolute Gasteiger partial charge is 0.416 e. The maximum absolute atomic E-state index is 12.7. The zero-order valence-corrected chi connectivity index (χ0v) is 12.0. The number of thioether (sulfide) groups is 2. The van der Waals surface area contributed by atoms with Crippen LogP contribution in [0.15, 0.2) is 39.6 Å². The lowest BCUT2D eigenvalue weighted by Crippen LogP contribution is -2.07. The molecule has 2 nitrogen and oxygen atoms in total. The summed E-state index contributed by atoms with van der Waals surface area (Å²) < 4.78 is 38.1. The number of benzene rings is 1. The molecule has 0 aliphatic carbocycles. The molecule has 0 aromatic heterocycles. The van der Waals surface area contributed by atoms with Gasteiger partial charge in [-0.05, 0) is 29.4 Å². The van der Waals surface area contributed by atoms with Crippen LogP contribution in [0.4, 0.5) is 13.2 Å². The highest BCUT2D eigenvalue weighted by Crippen LogP contribution is 2.41. The van der Waals surface area contributed by atoms with Gasteiger partial charge in [0.25, 0.3) is 0 Å². The predicted molar refractivity (Wildman–Crippen MR) is 76.7 cm³/mol. The van der Waals surface area contributed by atoms with Gasteiger partial charge in [0.05, 0.1) is 21.1 Å². The smallest absolute Gasteiger partial charge is 0.393 e. The van der Waals surface area contributed by atoms with E-state index in [9.17, 15) is 18.0 Å². The lowest BCUT2D eigenvalue weighted by molar-refractivity contribution is -0.137. The second kappa shape index (κ2) is 5.57. The van der Waals surface area contributed by atoms with Crippen LogP contribution in [-0.2, 0) is 11.0 Å². The minimum Gasteiger partial charge on any atom is -0.393 e. The Morgan fingerprint density at radius 2 is 2.05 bits per heavy atom. The molecular weight excluding hydrogens is 307 g/mol.